The van der Waals surface area contributed by atoms with E-state index in [-0.39, 0.29) is 5.91 Å². The SMILES string of the molecule is CN1CCN(c2ccc(C(=O)Nc3cc(-c4ccncc4)ccc3N)cn2)CC1. The summed E-state index contributed by atoms with van der Waals surface area (Å²) in [6.07, 6.45) is 5.08. The van der Waals surface area contributed by atoms with Gasteiger partial charge >= 0.3 is 0 Å². The highest BCUT2D eigenvalue weighted by Crippen LogP contribution is 2.27. The number of piperazine rings is 1. The molecule has 7 heteroatoms. The van der Waals surface area contributed by atoms with E-state index in [1.807, 2.05) is 30.3 Å². The maximum Gasteiger partial charge on any atom is 0.257 e. The van der Waals surface area contributed by atoms with Gasteiger partial charge in [0.05, 0.1) is 16.9 Å². The van der Waals surface area contributed by atoms with Crippen molar-refractivity contribution in [3.05, 3.63) is 66.6 Å². The van der Waals surface area contributed by atoms with Gasteiger partial charge in [-0.3, -0.25) is 9.78 Å². The van der Waals surface area contributed by atoms with E-state index in [1.165, 1.54) is 0 Å². The molecule has 148 valence electrons. The molecule has 0 atom stereocenters. The molecule has 1 fully saturated rings. The summed E-state index contributed by atoms with van der Waals surface area (Å²) in [5.74, 6) is 0.662. The van der Waals surface area contributed by atoms with Crippen LogP contribution in [-0.4, -0.2) is 54.0 Å². The highest BCUT2D eigenvalue weighted by molar-refractivity contribution is 6.06. The van der Waals surface area contributed by atoms with Crippen molar-refractivity contribution < 1.29 is 4.79 Å². The van der Waals surface area contributed by atoms with Crippen molar-refractivity contribution in [3.8, 4) is 11.1 Å². The maximum atomic E-state index is 12.7. The van der Waals surface area contributed by atoms with E-state index in [0.29, 0.717) is 16.9 Å². The number of hydrogen-bond acceptors (Lipinski definition) is 6. The number of nitrogens with one attached hydrogen (secondary N) is 1. The van der Waals surface area contributed by atoms with Gasteiger partial charge in [-0.05, 0) is 54.6 Å². The van der Waals surface area contributed by atoms with Gasteiger partial charge in [0.25, 0.3) is 5.91 Å². The van der Waals surface area contributed by atoms with Gasteiger partial charge in [0, 0.05) is 44.8 Å². The molecule has 7 nitrogen and oxygen atoms in total. The van der Waals surface area contributed by atoms with Crippen molar-refractivity contribution in [2.45, 2.75) is 0 Å². The van der Waals surface area contributed by atoms with Crippen LogP contribution in [0.25, 0.3) is 11.1 Å². The third-order valence-electron chi connectivity index (χ3n) is 5.15. The van der Waals surface area contributed by atoms with Gasteiger partial charge in [-0.25, -0.2) is 4.98 Å². The summed E-state index contributed by atoms with van der Waals surface area (Å²) < 4.78 is 0. The molecule has 0 aliphatic carbocycles. The second-order valence-corrected chi connectivity index (χ2v) is 7.19. The minimum atomic E-state index is -0.235. The molecule has 1 saturated heterocycles. The number of pyridine rings is 2. The molecule has 1 amide bonds. The van der Waals surface area contributed by atoms with E-state index >= 15 is 0 Å². The molecule has 1 aromatic carbocycles. The Morgan fingerprint density at radius 2 is 1.76 bits per heavy atom. The predicted molar refractivity (Wildman–Crippen MR) is 116 cm³/mol. The number of rotatable bonds is 4. The minimum Gasteiger partial charge on any atom is -0.397 e. The van der Waals surface area contributed by atoms with Crippen LogP contribution in [0, 0.1) is 0 Å². The third-order valence-corrected chi connectivity index (χ3v) is 5.15. The number of carbonyl (C=O) groups is 1. The van der Waals surface area contributed by atoms with Gasteiger partial charge in [-0.2, -0.15) is 0 Å². The summed E-state index contributed by atoms with van der Waals surface area (Å²) in [4.78, 5) is 25.8. The molecule has 0 unspecified atom stereocenters. The van der Waals surface area contributed by atoms with Gasteiger partial charge < -0.3 is 20.9 Å². The summed E-state index contributed by atoms with van der Waals surface area (Å²) in [5.41, 5.74) is 9.63. The lowest BCUT2D eigenvalue weighted by Crippen LogP contribution is -2.44. The molecule has 3 aromatic rings. The van der Waals surface area contributed by atoms with Crippen LogP contribution >= 0.6 is 0 Å². The Hall–Kier alpha value is -3.45. The lowest BCUT2D eigenvalue weighted by atomic mass is 10.1. The zero-order valence-corrected chi connectivity index (χ0v) is 16.4. The maximum absolute atomic E-state index is 12.7. The average molecular weight is 388 g/mol. The van der Waals surface area contributed by atoms with Crippen LogP contribution in [0.5, 0.6) is 0 Å². The number of benzene rings is 1. The Labute approximate surface area is 170 Å². The standard InChI is InChI=1S/C22H24N6O/c1-27-10-12-28(13-11-27)21-5-3-18(15-25-21)22(29)26-20-14-17(2-4-19(20)23)16-6-8-24-9-7-16/h2-9,14-15H,10-13,23H2,1H3,(H,26,29). The van der Waals surface area contributed by atoms with Gasteiger partial charge in [0.2, 0.25) is 0 Å². The fourth-order valence-corrected chi connectivity index (χ4v) is 3.33. The van der Waals surface area contributed by atoms with E-state index in [2.05, 4.69) is 32.1 Å². The first kappa shape index (κ1) is 18.9. The first-order valence-corrected chi connectivity index (χ1v) is 9.61. The number of nitrogens with zero attached hydrogens (tertiary/aromatic N) is 4. The fraction of sp³-hybridized carbons (Fsp3) is 0.227. The highest BCUT2D eigenvalue weighted by Gasteiger charge is 2.16. The molecule has 2 aromatic heterocycles. The molecule has 0 radical (unpaired) electrons. The molecule has 29 heavy (non-hydrogen) atoms. The van der Waals surface area contributed by atoms with Crippen LogP contribution in [0.1, 0.15) is 10.4 Å². The number of aromatic nitrogens is 2. The van der Waals surface area contributed by atoms with Gasteiger partial charge in [-0.15, -0.1) is 0 Å². The van der Waals surface area contributed by atoms with Crippen LogP contribution < -0.4 is 16.0 Å². The smallest absolute Gasteiger partial charge is 0.257 e. The quantitative estimate of drug-likeness (QED) is 0.668. The Bertz CT molecular complexity index is 982. The molecule has 3 N–H and O–H groups in total. The minimum absolute atomic E-state index is 0.235. The molecular formula is C22H24N6O. The Balaban J connectivity index is 1.48. The van der Waals surface area contributed by atoms with Crippen molar-refractivity contribution in [2.24, 2.45) is 0 Å². The number of nitrogen functional groups attached to an aromatic ring is 1. The second kappa shape index (κ2) is 8.28. The number of likely N-dealkylation sites (N-methyl/N-ethyl adjacent to an activating group) is 1. The summed E-state index contributed by atoms with van der Waals surface area (Å²) in [5, 5.41) is 2.90. The van der Waals surface area contributed by atoms with Gasteiger partial charge in [-0.1, -0.05) is 6.07 Å². The Kier molecular flexibility index (Phi) is 5.39. The summed E-state index contributed by atoms with van der Waals surface area (Å²) in [6, 6.07) is 13.1. The second-order valence-electron chi connectivity index (χ2n) is 7.19. The lowest BCUT2D eigenvalue weighted by Gasteiger charge is -2.33. The van der Waals surface area contributed by atoms with E-state index < -0.39 is 0 Å². The molecular weight excluding hydrogens is 364 g/mol. The molecule has 1 aliphatic rings. The summed E-state index contributed by atoms with van der Waals surface area (Å²) in [6.45, 7) is 3.90. The zero-order valence-electron chi connectivity index (χ0n) is 16.4. The highest BCUT2D eigenvalue weighted by atomic mass is 16.1. The number of carbonyl (C=O) groups excluding carboxylic acids is 1. The summed E-state index contributed by atoms with van der Waals surface area (Å²) >= 11 is 0. The van der Waals surface area contributed by atoms with Gasteiger partial charge in [0.1, 0.15) is 5.82 Å². The number of anilines is 3. The van der Waals surface area contributed by atoms with Crippen LogP contribution in [0.2, 0.25) is 0 Å². The summed E-state index contributed by atoms with van der Waals surface area (Å²) in [7, 11) is 2.12. The zero-order chi connectivity index (χ0) is 20.2. The van der Waals surface area contributed by atoms with E-state index in [4.69, 9.17) is 5.73 Å². The molecule has 3 heterocycles. The number of amides is 1. The monoisotopic (exact) mass is 388 g/mol. The first-order valence-electron chi connectivity index (χ1n) is 9.61. The van der Waals surface area contributed by atoms with E-state index in [1.54, 1.807) is 30.7 Å². The van der Waals surface area contributed by atoms with E-state index in [9.17, 15) is 4.79 Å². The Morgan fingerprint density at radius 1 is 1.00 bits per heavy atom. The topological polar surface area (TPSA) is 87.4 Å². The van der Waals surface area contributed by atoms with Crippen molar-refractivity contribution in [2.75, 3.05) is 49.2 Å². The first-order chi connectivity index (χ1) is 14.1. The molecule has 0 spiro atoms. The van der Waals surface area contributed by atoms with Crippen molar-refractivity contribution in [3.63, 3.8) is 0 Å². The molecule has 4 rings (SSSR count). The molecule has 0 bridgehead atoms. The molecule has 0 saturated carbocycles. The average Bonchev–Trinajstić information content (AvgIpc) is 2.76. The van der Waals surface area contributed by atoms with Gasteiger partial charge in [0.15, 0.2) is 0 Å². The van der Waals surface area contributed by atoms with E-state index in [0.717, 1.165) is 43.1 Å². The van der Waals surface area contributed by atoms with Crippen LogP contribution in [0.3, 0.4) is 0 Å². The molecule has 1 aliphatic heterocycles. The van der Waals surface area contributed by atoms with Crippen LogP contribution in [0.15, 0.2) is 61.1 Å². The Morgan fingerprint density at radius 3 is 2.45 bits per heavy atom. The third kappa shape index (κ3) is 4.35. The number of nitrogens with two attached hydrogens (primary N) is 1. The van der Waals surface area contributed by atoms with Crippen LogP contribution in [-0.2, 0) is 0 Å². The lowest BCUT2D eigenvalue weighted by molar-refractivity contribution is 0.102. The fourth-order valence-electron chi connectivity index (χ4n) is 3.33. The van der Waals surface area contributed by atoms with Crippen LogP contribution in [0.4, 0.5) is 17.2 Å². The predicted octanol–water partition coefficient (Wildman–Crippen LogP) is 2.73. The van der Waals surface area contributed by atoms with Crippen molar-refractivity contribution in [1.82, 2.24) is 14.9 Å². The normalized spacial score (nSPS) is 14.6. The van der Waals surface area contributed by atoms with Crippen molar-refractivity contribution >= 4 is 23.1 Å². The van der Waals surface area contributed by atoms with Crippen molar-refractivity contribution in [1.29, 1.82) is 0 Å². The number of hydrogen-bond donors (Lipinski definition) is 2. The largest absolute Gasteiger partial charge is 0.397 e.